The molecule has 0 aliphatic carbocycles. The molecule has 0 atom stereocenters. The molecule has 0 spiro atoms. The van der Waals surface area contributed by atoms with E-state index in [-0.39, 0.29) is 21.1 Å². The zero-order valence-corrected chi connectivity index (χ0v) is 11.2. The largest absolute Gasteiger partial charge is 0.456 e. The zero-order valence-electron chi connectivity index (χ0n) is 11.2. The number of benzene rings is 1. The van der Waals surface area contributed by atoms with Crippen molar-refractivity contribution >= 4 is 11.9 Å². The lowest BCUT2D eigenvalue weighted by Gasteiger charge is -1.95. The van der Waals surface area contributed by atoms with Gasteiger partial charge in [-0.1, -0.05) is 30.3 Å². The Balaban J connectivity index is -0.0000000687. The van der Waals surface area contributed by atoms with Crippen molar-refractivity contribution in [3.05, 3.63) is 35.9 Å². The zero-order chi connectivity index (χ0) is 13.1. The van der Waals surface area contributed by atoms with E-state index in [9.17, 15) is 9.59 Å². The van der Waals surface area contributed by atoms with Crippen LogP contribution in [0.25, 0.3) is 0 Å². The maximum atomic E-state index is 9.92. The van der Waals surface area contributed by atoms with Gasteiger partial charge in [-0.3, -0.25) is 9.59 Å². The second kappa shape index (κ2) is 14.1. The highest BCUT2D eigenvalue weighted by atomic mass is 16.5. The Morgan fingerprint density at radius 2 is 1.79 bits per heavy atom. The predicted molar refractivity (Wildman–Crippen MR) is 75.8 cm³/mol. The number of carbonyl (C=O) groups excluding carboxylic acids is 2. The van der Waals surface area contributed by atoms with Crippen LogP contribution in [0.15, 0.2) is 30.3 Å². The van der Waals surface area contributed by atoms with Gasteiger partial charge in [0.1, 0.15) is 0 Å². The van der Waals surface area contributed by atoms with Crippen LogP contribution in [0.4, 0.5) is 0 Å². The number of nitrogens with two attached hydrogens (primary N) is 1. The van der Waals surface area contributed by atoms with Crippen molar-refractivity contribution in [3.63, 3.8) is 0 Å². The first-order valence-corrected chi connectivity index (χ1v) is 5.00. The number of amides is 1. The number of hydrogen-bond acceptors (Lipinski definition) is 5. The Labute approximate surface area is 115 Å². The molecule has 1 aromatic carbocycles. The molecular weight excluding hydrogens is 252 g/mol. The second-order valence-corrected chi connectivity index (χ2v) is 3.17. The molecule has 0 unspecified atom stereocenters. The Kier molecular flexibility index (Phi) is 16.5. The van der Waals surface area contributed by atoms with Gasteiger partial charge in [0.05, 0.1) is 6.61 Å². The van der Waals surface area contributed by atoms with Crippen LogP contribution in [0.5, 0.6) is 0 Å². The third-order valence-electron chi connectivity index (χ3n) is 1.57. The standard InChI is InChI=1S/C8H10O.C4H7NO3.H3N.H2O.2H2/c1-9-7-8-5-3-2-4-6-8;1-3(6)8-2-4(5)7;;;;/h2-6H,7H2,1H3;2H2,1H3,(H2,5,7);1H3;1H2;2*1H. The lowest BCUT2D eigenvalue weighted by atomic mass is 10.2. The predicted octanol–water partition coefficient (Wildman–Crippen LogP) is 0.697. The first kappa shape index (κ1) is 22.2. The monoisotopic (exact) mass is 278 g/mol. The van der Waals surface area contributed by atoms with E-state index in [1.165, 1.54) is 12.5 Å². The molecule has 0 aliphatic rings. The summed E-state index contributed by atoms with van der Waals surface area (Å²) in [5.74, 6) is -1.14. The number of ether oxygens (including phenoxy) is 2. The first-order chi connectivity index (χ1) is 8.06. The molecule has 1 amide bonds. The van der Waals surface area contributed by atoms with Crippen LogP contribution in [0.1, 0.15) is 15.3 Å². The van der Waals surface area contributed by atoms with E-state index in [1.807, 2.05) is 30.3 Å². The minimum Gasteiger partial charge on any atom is -0.456 e. The number of methoxy groups -OCH3 is 1. The molecule has 19 heavy (non-hydrogen) atoms. The second-order valence-electron chi connectivity index (χ2n) is 3.17. The van der Waals surface area contributed by atoms with Crippen LogP contribution in [-0.2, 0) is 25.7 Å². The van der Waals surface area contributed by atoms with Gasteiger partial charge in [-0.05, 0) is 5.56 Å². The van der Waals surface area contributed by atoms with Crippen molar-refractivity contribution in [2.45, 2.75) is 13.5 Å². The Hall–Kier alpha value is -1.96. The van der Waals surface area contributed by atoms with Crippen LogP contribution >= 0.6 is 0 Å². The van der Waals surface area contributed by atoms with E-state index in [0.717, 1.165) is 0 Å². The summed E-state index contributed by atoms with van der Waals surface area (Å²) in [7, 11) is 1.70. The summed E-state index contributed by atoms with van der Waals surface area (Å²) in [5.41, 5.74) is 5.85. The van der Waals surface area contributed by atoms with Crippen molar-refractivity contribution in [2.24, 2.45) is 5.73 Å². The summed E-state index contributed by atoms with van der Waals surface area (Å²) in [6.45, 7) is 1.60. The lowest BCUT2D eigenvalue weighted by molar-refractivity contribution is -0.145. The van der Waals surface area contributed by atoms with Gasteiger partial charge in [0.2, 0.25) is 0 Å². The van der Waals surface area contributed by atoms with Gasteiger partial charge in [-0.2, -0.15) is 0 Å². The summed E-state index contributed by atoms with van der Waals surface area (Å²) in [4.78, 5) is 19.8. The SMILES string of the molecule is CC(=O)OCC(N)=O.COCc1ccccc1.N.O.[HH].[HH]. The molecule has 0 aliphatic heterocycles. The van der Waals surface area contributed by atoms with Gasteiger partial charge in [-0.15, -0.1) is 0 Å². The maximum Gasteiger partial charge on any atom is 0.303 e. The van der Waals surface area contributed by atoms with Crippen LogP contribution in [0, 0.1) is 0 Å². The molecule has 0 aromatic heterocycles. The van der Waals surface area contributed by atoms with Crippen molar-refractivity contribution in [1.29, 1.82) is 0 Å². The van der Waals surface area contributed by atoms with E-state index >= 15 is 0 Å². The van der Waals surface area contributed by atoms with Crippen LogP contribution in [0.2, 0.25) is 0 Å². The summed E-state index contributed by atoms with van der Waals surface area (Å²) in [6.07, 6.45) is 0. The summed E-state index contributed by atoms with van der Waals surface area (Å²) >= 11 is 0. The average Bonchev–Trinajstić information content (AvgIpc) is 2.29. The van der Waals surface area contributed by atoms with Gasteiger partial charge in [0.15, 0.2) is 6.61 Å². The molecule has 7 heteroatoms. The fourth-order valence-electron chi connectivity index (χ4n) is 0.914. The van der Waals surface area contributed by atoms with Gasteiger partial charge >= 0.3 is 5.97 Å². The van der Waals surface area contributed by atoms with Crippen LogP contribution in [-0.4, -0.2) is 31.1 Å². The highest BCUT2D eigenvalue weighted by Crippen LogP contribution is 1.98. The smallest absolute Gasteiger partial charge is 0.303 e. The molecule has 0 saturated carbocycles. The average molecular weight is 278 g/mol. The van der Waals surface area contributed by atoms with Gasteiger partial charge < -0.3 is 26.8 Å². The Bertz CT molecular complexity index is 339. The summed E-state index contributed by atoms with van der Waals surface area (Å²) < 4.78 is 9.12. The Morgan fingerprint density at radius 1 is 1.26 bits per heavy atom. The number of hydrogen-bond donors (Lipinski definition) is 2. The first-order valence-electron chi connectivity index (χ1n) is 5.00. The normalized spacial score (nSPS) is 7.89. The molecule has 7 N–H and O–H groups in total. The van der Waals surface area contributed by atoms with Gasteiger partial charge in [-0.25, -0.2) is 0 Å². The quantitative estimate of drug-likeness (QED) is 0.778. The van der Waals surface area contributed by atoms with Gasteiger partial charge in [0.25, 0.3) is 5.91 Å². The number of esters is 1. The number of carbonyl (C=O) groups is 2. The fraction of sp³-hybridized carbons (Fsp3) is 0.333. The molecule has 114 valence electrons. The van der Waals surface area contributed by atoms with Gasteiger partial charge in [0, 0.05) is 16.9 Å². The van der Waals surface area contributed by atoms with Crippen LogP contribution in [0.3, 0.4) is 0 Å². The molecule has 7 nitrogen and oxygen atoms in total. The van der Waals surface area contributed by atoms with E-state index in [2.05, 4.69) is 10.5 Å². The van der Waals surface area contributed by atoms with Crippen molar-refractivity contribution in [3.8, 4) is 0 Å². The van der Waals surface area contributed by atoms with Crippen molar-refractivity contribution in [2.75, 3.05) is 13.7 Å². The molecule has 0 saturated heterocycles. The third kappa shape index (κ3) is 16.0. The topological polar surface area (TPSA) is 145 Å². The lowest BCUT2D eigenvalue weighted by Crippen LogP contribution is -2.19. The van der Waals surface area contributed by atoms with E-state index in [1.54, 1.807) is 7.11 Å². The third-order valence-corrected chi connectivity index (χ3v) is 1.57. The highest BCUT2D eigenvalue weighted by molar-refractivity contribution is 5.78. The van der Waals surface area contributed by atoms with Crippen molar-refractivity contribution < 1.29 is 27.4 Å². The highest BCUT2D eigenvalue weighted by Gasteiger charge is 1.94. The van der Waals surface area contributed by atoms with Crippen LogP contribution < -0.4 is 11.9 Å². The van der Waals surface area contributed by atoms with Crippen molar-refractivity contribution in [1.82, 2.24) is 6.15 Å². The minimum atomic E-state index is -0.639. The fourth-order valence-corrected chi connectivity index (χ4v) is 0.914. The molecule has 1 aromatic rings. The number of rotatable bonds is 4. The number of primary amides is 1. The van der Waals surface area contributed by atoms with E-state index in [0.29, 0.717) is 6.61 Å². The molecule has 0 fully saturated rings. The molecule has 0 heterocycles. The maximum absolute atomic E-state index is 9.92. The Morgan fingerprint density at radius 3 is 2.11 bits per heavy atom. The van der Waals surface area contributed by atoms with E-state index < -0.39 is 11.9 Å². The minimum absolute atomic E-state index is 0. The molecule has 0 radical (unpaired) electrons. The molecule has 1 rings (SSSR count). The molecule has 0 bridgehead atoms. The summed E-state index contributed by atoms with van der Waals surface area (Å²) in [5, 5.41) is 0. The van der Waals surface area contributed by atoms with E-state index in [4.69, 9.17) is 4.74 Å². The summed E-state index contributed by atoms with van der Waals surface area (Å²) in [6, 6.07) is 10.1. The molecular formula is C12H26N2O5.